The number of aromatic nitrogens is 2. The molecular formula is C10H19N3O. The van der Waals surface area contributed by atoms with Crippen LogP contribution in [0.4, 0.5) is 0 Å². The van der Waals surface area contributed by atoms with E-state index in [0.29, 0.717) is 19.2 Å². The Kier molecular flexibility index (Phi) is 4.10. The molecule has 0 fully saturated rings. The number of rotatable bonds is 5. The SMILES string of the molecule is CCOC(CN)c1cnn(C(C)C)c1. The minimum Gasteiger partial charge on any atom is -0.372 e. The highest BCUT2D eigenvalue weighted by Crippen LogP contribution is 2.16. The average Bonchev–Trinajstić information content (AvgIpc) is 2.63. The fraction of sp³-hybridized carbons (Fsp3) is 0.700. The second-order valence-corrected chi connectivity index (χ2v) is 3.53. The summed E-state index contributed by atoms with van der Waals surface area (Å²) in [5.41, 5.74) is 6.67. The molecule has 0 aliphatic carbocycles. The summed E-state index contributed by atoms with van der Waals surface area (Å²) in [6, 6.07) is 0.379. The molecule has 0 aliphatic rings. The minimum absolute atomic E-state index is 0.0208. The predicted molar refractivity (Wildman–Crippen MR) is 56.0 cm³/mol. The lowest BCUT2D eigenvalue weighted by Gasteiger charge is -2.12. The van der Waals surface area contributed by atoms with Crippen molar-refractivity contribution in [2.45, 2.75) is 32.9 Å². The molecule has 0 spiro atoms. The van der Waals surface area contributed by atoms with Crippen LogP contribution in [0.15, 0.2) is 12.4 Å². The molecule has 4 heteroatoms. The van der Waals surface area contributed by atoms with Gasteiger partial charge >= 0.3 is 0 Å². The Morgan fingerprint density at radius 3 is 2.71 bits per heavy atom. The van der Waals surface area contributed by atoms with Gasteiger partial charge < -0.3 is 10.5 Å². The van der Waals surface area contributed by atoms with Crippen LogP contribution in [-0.2, 0) is 4.74 Å². The zero-order valence-electron chi connectivity index (χ0n) is 9.10. The molecule has 1 unspecified atom stereocenters. The summed E-state index contributed by atoms with van der Waals surface area (Å²) in [5, 5.41) is 4.25. The Morgan fingerprint density at radius 2 is 2.29 bits per heavy atom. The Balaban J connectivity index is 2.73. The molecule has 80 valence electrons. The van der Waals surface area contributed by atoms with Gasteiger partial charge in [0.25, 0.3) is 0 Å². The van der Waals surface area contributed by atoms with Gasteiger partial charge in [-0.25, -0.2) is 0 Å². The summed E-state index contributed by atoms with van der Waals surface area (Å²) >= 11 is 0. The maximum atomic E-state index is 5.61. The summed E-state index contributed by atoms with van der Waals surface area (Å²) in [6.07, 6.45) is 3.80. The van der Waals surface area contributed by atoms with Gasteiger partial charge in [-0.3, -0.25) is 4.68 Å². The highest BCUT2D eigenvalue weighted by Gasteiger charge is 2.12. The van der Waals surface area contributed by atoms with Gasteiger partial charge in [0.15, 0.2) is 0 Å². The van der Waals surface area contributed by atoms with Gasteiger partial charge in [0.05, 0.1) is 12.3 Å². The summed E-state index contributed by atoms with van der Waals surface area (Å²) < 4.78 is 7.41. The van der Waals surface area contributed by atoms with Crippen LogP contribution in [0.3, 0.4) is 0 Å². The lowest BCUT2D eigenvalue weighted by Crippen LogP contribution is -2.15. The predicted octanol–water partition coefficient (Wildman–Crippen LogP) is 1.50. The lowest BCUT2D eigenvalue weighted by molar-refractivity contribution is 0.0688. The molecule has 1 atom stereocenters. The number of ether oxygens (including phenoxy) is 1. The monoisotopic (exact) mass is 197 g/mol. The number of nitrogens with zero attached hydrogens (tertiary/aromatic N) is 2. The number of hydrogen-bond donors (Lipinski definition) is 1. The van der Waals surface area contributed by atoms with E-state index < -0.39 is 0 Å². The smallest absolute Gasteiger partial charge is 0.0977 e. The second-order valence-electron chi connectivity index (χ2n) is 3.53. The molecule has 0 amide bonds. The molecule has 0 saturated heterocycles. The van der Waals surface area contributed by atoms with Crippen LogP contribution in [-0.4, -0.2) is 22.9 Å². The Morgan fingerprint density at radius 1 is 1.57 bits per heavy atom. The van der Waals surface area contributed by atoms with Crippen molar-refractivity contribution in [2.24, 2.45) is 5.73 Å². The normalized spacial score (nSPS) is 13.5. The molecule has 2 N–H and O–H groups in total. The second kappa shape index (κ2) is 5.12. The molecule has 1 aromatic rings. The summed E-state index contributed by atoms with van der Waals surface area (Å²) in [4.78, 5) is 0. The zero-order valence-corrected chi connectivity index (χ0v) is 9.10. The zero-order chi connectivity index (χ0) is 10.6. The molecule has 0 aromatic carbocycles. The van der Waals surface area contributed by atoms with E-state index in [-0.39, 0.29) is 6.10 Å². The Hall–Kier alpha value is -0.870. The van der Waals surface area contributed by atoms with Crippen molar-refractivity contribution in [2.75, 3.05) is 13.2 Å². The topological polar surface area (TPSA) is 53.1 Å². The quantitative estimate of drug-likeness (QED) is 0.778. The van der Waals surface area contributed by atoms with Crippen LogP contribution in [0.5, 0.6) is 0 Å². The lowest BCUT2D eigenvalue weighted by atomic mass is 10.2. The van der Waals surface area contributed by atoms with E-state index in [4.69, 9.17) is 10.5 Å². The van der Waals surface area contributed by atoms with Crippen LogP contribution in [0.25, 0.3) is 0 Å². The molecule has 0 saturated carbocycles. The van der Waals surface area contributed by atoms with Crippen molar-refractivity contribution in [3.8, 4) is 0 Å². The van der Waals surface area contributed by atoms with E-state index in [1.165, 1.54) is 0 Å². The van der Waals surface area contributed by atoms with E-state index >= 15 is 0 Å². The first-order valence-electron chi connectivity index (χ1n) is 5.04. The van der Waals surface area contributed by atoms with Gasteiger partial charge in [-0.05, 0) is 20.8 Å². The van der Waals surface area contributed by atoms with E-state index in [1.54, 1.807) is 0 Å². The molecule has 1 rings (SSSR count). The number of nitrogens with two attached hydrogens (primary N) is 1. The molecule has 1 heterocycles. The van der Waals surface area contributed by atoms with Crippen molar-refractivity contribution >= 4 is 0 Å². The Labute approximate surface area is 85.0 Å². The van der Waals surface area contributed by atoms with Crippen LogP contribution in [0.2, 0.25) is 0 Å². The van der Waals surface area contributed by atoms with Crippen molar-refractivity contribution in [1.29, 1.82) is 0 Å². The maximum absolute atomic E-state index is 5.61. The number of hydrogen-bond acceptors (Lipinski definition) is 3. The summed E-state index contributed by atoms with van der Waals surface area (Å²) in [7, 11) is 0. The van der Waals surface area contributed by atoms with Crippen LogP contribution in [0, 0.1) is 0 Å². The van der Waals surface area contributed by atoms with E-state index in [0.717, 1.165) is 5.56 Å². The molecule has 0 radical (unpaired) electrons. The molecule has 0 bridgehead atoms. The molecule has 1 aromatic heterocycles. The third-order valence-electron chi connectivity index (χ3n) is 2.10. The first-order chi connectivity index (χ1) is 6.69. The first kappa shape index (κ1) is 11.2. The third kappa shape index (κ3) is 2.56. The highest BCUT2D eigenvalue weighted by atomic mass is 16.5. The third-order valence-corrected chi connectivity index (χ3v) is 2.10. The van der Waals surface area contributed by atoms with Crippen LogP contribution < -0.4 is 5.73 Å². The van der Waals surface area contributed by atoms with Gasteiger partial charge in [0.2, 0.25) is 0 Å². The van der Waals surface area contributed by atoms with E-state index in [1.807, 2.05) is 24.0 Å². The molecule has 0 aliphatic heterocycles. The first-order valence-corrected chi connectivity index (χ1v) is 5.04. The maximum Gasteiger partial charge on any atom is 0.0977 e. The fourth-order valence-electron chi connectivity index (χ4n) is 1.30. The molecule has 14 heavy (non-hydrogen) atoms. The van der Waals surface area contributed by atoms with Crippen LogP contribution >= 0.6 is 0 Å². The minimum atomic E-state index is -0.0208. The van der Waals surface area contributed by atoms with Crippen molar-refractivity contribution in [3.05, 3.63) is 18.0 Å². The Bertz CT molecular complexity index is 270. The van der Waals surface area contributed by atoms with Gasteiger partial charge in [0.1, 0.15) is 0 Å². The van der Waals surface area contributed by atoms with E-state index in [9.17, 15) is 0 Å². The van der Waals surface area contributed by atoms with Crippen LogP contribution in [0.1, 0.15) is 38.5 Å². The summed E-state index contributed by atoms with van der Waals surface area (Å²) in [5.74, 6) is 0. The van der Waals surface area contributed by atoms with Crippen molar-refractivity contribution in [3.63, 3.8) is 0 Å². The summed E-state index contributed by atoms with van der Waals surface area (Å²) in [6.45, 7) is 7.33. The standard InChI is InChI=1S/C10H19N3O/c1-4-14-10(5-11)9-6-12-13(7-9)8(2)3/h6-8,10H,4-5,11H2,1-3H3. The van der Waals surface area contributed by atoms with Gasteiger partial charge in [-0.15, -0.1) is 0 Å². The van der Waals surface area contributed by atoms with Gasteiger partial charge in [0, 0.05) is 31.0 Å². The van der Waals surface area contributed by atoms with E-state index in [2.05, 4.69) is 18.9 Å². The largest absolute Gasteiger partial charge is 0.372 e. The van der Waals surface area contributed by atoms with Crippen molar-refractivity contribution < 1.29 is 4.74 Å². The van der Waals surface area contributed by atoms with Gasteiger partial charge in [-0.2, -0.15) is 5.10 Å². The highest BCUT2D eigenvalue weighted by molar-refractivity contribution is 5.09. The van der Waals surface area contributed by atoms with Gasteiger partial charge in [-0.1, -0.05) is 0 Å². The molecule has 4 nitrogen and oxygen atoms in total. The fourth-order valence-corrected chi connectivity index (χ4v) is 1.30. The average molecular weight is 197 g/mol. The molecular weight excluding hydrogens is 178 g/mol. The van der Waals surface area contributed by atoms with Crippen molar-refractivity contribution in [1.82, 2.24) is 9.78 Å².